The summed E-state index contributed by atoms with van der Waals surface area (Å²) in [5, 5.41) is 11.3. The second-order valence-electron chi connectivity index (χ2n) is 5.13. The molecular weight excluding hydrogens is 188 g/mol. The van der Waals surface area contributed by atoms with Crippen molar-refractivity contribution in [2.45, 2.75) is 34.2 Å². The average molecular weight is 210 g/mol. The third kappa shape index (κ3) is 3.63. The highest BCUT2D eigenvalue weighted by molar-refractivity contribution is 4.91. The van der Waals surface area contributed by atoms with Crippen molar-refractivity contribution in [1.29, 1.82) is 0 Å². The van der Waals surface area contributed by atoms with Gasteiger partial charge in [-0.15, -0.1) is 5.10 Å². The molecule has 86 valence electrons. The van der Waals surface area contributed by atoms with Crippen LogP contribution in [0.5, 0.6) is 0 Å². The molecule has 0 saturated carbocycles. The van der Waals surface area contributed by atoms with Crippen molar-refractivity contribution in [3.05, 3.63) is 11.9 Å². The van der Waals surface area contributed by atoms with Gasteiger partial charge in [-0.2, -0.15) is 0 Å². The molecule has 1 rings (SSSR count). The first-order valence-corrected chi connectivity index (χ1v) is 5.48. The predicted octanol–water partition coefficient (Wildman–Crippen LogP) is 1.59. The summed E-state index contributed by atoms with van der Waals surface area (Å²) in [5.74, 6) is 0.673. The minimum Gasteiger partial charge on any atom is -0.311 e. The zero-order valence-corrected chi connectivity index (χ0v) is 10.4. The van der Waals surface area contributed by atoms with Crippen LogP contribution in [0.15, 0.2) is 6.20 Å². The van der Waals surface area contributed by atoms with E-state index in [1.165, 1.54) is 0 Å². The molecule has 0 unspecified atom stereocenters. The predicted molar refractivity (Wildman–Crippen MR) is 61.3 cm³/mol. The van der Waals surface area contributed by atoms with Crippen molar-refractivity contribution in [2.24, 2.45) is 18.4 Å². The largest absolute Gasteiger partial charge is 0.311 e. The van der Waals surface area contributed by atoms with Crippen molar-refractivity contribution in [1.82, 2.24) is 20.3 Å². The average Bonchev–Trinajstić information content (AvgIpc) is 2.51. The molecule has 0 aliphatic rings. The standard InChI is InChI=1S/C11H22N4/c1-9(2)11(3,4)8-12-6-10-7-15(5)14-13-10/h7,9,12H,6,8H2,1-5H3. The summed E-state index contributed by atoms with van der Waals surface area (Å²) in [4.78, 5) is 0. The minimum atomic E-state index is 0.322. The number of nitrogens with zero attached hydrogens (tertiary/aromatic N) is 3. The van der Waals surface area contributed by atoms with Gasteiger partial charge >= 0.3 is 0 Å². The Bertz CT molecular complexity index is 301. The van der Waals surface area contributed by atoms with E-state index in [9.17, 15) is 0 Å². The van der Waals surface area contributed by atoms with E-state index >= 15 is 0 Å². The molecule has 4 nitrogen and oxygen atoms in total. The van der Waals surface area contributed by atoms with Crippen LogP contribution in [-0.2, 0) is 13.6 Å². The first-order chi connectivity index (χ1) is 6.92. The molecule has 0 saturated heterocycles. The SMILES string of the molecule is CC(C)C(C)(C)CNCc1cn(C)nn1. The lowest BCUT2D eigenvalue weighted by Gasteiger charge is -2.29. The Balaban J connectivity index is 2.33. The highest BCUT2D eigenvalue weighted by atomic mass is 15.4. The second-order valence-corrected chi connectivity index (χ2v) is 5.13. The maximum absolute atomic E-state index is 4.03. The maximum atomic E-state index is 4.03. The van der Waals surface area contributed by atoms with Crippen LogP contribution in [0.3, 0.4) is 0 Å². The first kappa shape index (κ1) is 12.2. The minimum absolute atomic E-state index is 0.322. The van der Waals surface area contributed by atoms with Gasteiger partial charge in [0, 0.05) is 26.3 Å². The van der Waals surface area contributed by atoms with Gasteiger partial charge < -0.3 is 5.32 Å². The van der Waals surface area contributed by atoms with Gasteiger partial charge in [-0.05, 0) is 11.3 Å². The molecule has 0 fully saturated rings. The number of aromatic nitrogens is 3. The summed E-state index contributed by atoms with van der Waals surface area (Å²) in [7, 11) is 1.88. The molecule has 1 heterocycles. The lowest BCUT2D eigenvalue weighted by molar-refractivity contribution is 0.237. The first-order valence-electron chi connectivity index (χ1n) is 5.48. The van der Waals surface area contributed by atoms with Crippen LogP contribution in [0.2, 0.25) is 0 Å². The van der Waals surface area contributed by atoms with Crippen LogP contribution in [0.4, 0.5) is 0 Å². The van der Waals surface area contributed by atoms with Gasteiger partial charge in [0.2, 0.25) is 0 Å². The Hall–Kier alpha value is -0.900. The summed E-state index contributed by atoms with van der Waals surface area (Å²) < 4.78 is 1.73. The summed E-state index contributed by atoms with van der Waals surface area (Å²) >= 11 is 0. The van der Waals surface area contributed by atoms with E-state index in [2.05, 4.69) is 43.3 Å². The number of aryl methyl sites for hydroxylation is 1. The van der Waals surface area contributed by atoms with Gasteiger partial charge in [0.1, 0.15) is 0 Å². The van der Waals surface area contributed by atoms with Crippen molar-refractivity contribution in [2.75, 3.05) is 6.54 Å². The Kier molecular flexibility index (Phi) is 3.85. The third-order valence-electron chi connectivity index (χ3n) is 3.10. The van der Waals surface area contributed by atoms with Crippen LogP contribution in [0.25, 0.3) is 0 Å². The Morgan fingerprint density at radius 2 is 2.13 bits per heavy atom. The van der Waals surface area contributed by atoms with Crippen LogP contribution in [-0.4, -0.2) is 21.5 Å². The molecule has 0 aliphatic carbocycles. The van der Waals surface area contributed by atoms with E-state index in [-0.39, 0.29) is 0 Å². The lowest BCUT2D eigenvalue weighted by Crippen LogP contribution is -2.33. The van der Waals surface area contributed by atoms with E-state index in [0.717, 1.165) is 18.8 Å². The fraction of sp³-hybridized carbons (Fsp3) is 0.818. The maximum Gasteiger partial charge on any atom is 0.0964 e. The number of hydrogen-bond donors (Lipinski definition) is 1. The molecule has 0 spiro atoms. The van der Waals surface area contributed by atoms with Gasteiger partial charge in [-0.3, -0.25) is 4.68 Å². The van der Waals surface area contributed by atoms with Gasteiger partial charge in [0.15, 0.2) is 0 Å². The number of hydrogen-bond acceptors (Lipinski definition) is 3. The van der Waals surface area contributed by atoms with E-state index in [0.29, 0.717) is 11.3 Å². The Morgan fingerprint density at radius 1 is 1.47 bits per heavy atom. The van der Waals surface area contributed by atoms with Gasteiger partial charge in [0.25, 0.3) is 0 Å². The van der Waals surface area contributed by atoms with Crippen LogP contribution < -0.4 is 5.32 Å². The Morgan fingerprint density at radius 3 is 2.60 bits per heavy atom. The smallest absolute Gasteiger partial charge is 0.0964 e. The number of nitrogens with one attached hydrogen (secondary N) is 1. The molecule has 0 aliphatic heterocycles. The summed E-state index contributed by atoms with van der Waals surface area (Å²) in [5.41, 5.74) is 1.32. The molecule has 15 heavy (non-hydrogen) atoms. The number of rotatable bonds is 5. The molecule has 1 aromatic heterocycles. The highest BCUT2D eigenvalue weighted by Crippen LogP contribution is 2.24. The quantitative estimate of drug-likeness (QED) is 0.802. The van der Waals surface area contributed by atoms with E-state index in [1.54, 1.807) is 4.68 Å². The van der Waals surface area contributed by atoms with Crippen molar-refractivity contribution < 1.29 is 0 Å². The van der Waals surface area contributed by atoms with Gasteiger partial charge in [-0.25, -0.2) is 0 Å². The molecule has 4 heteroatoms. The summed E-state index contributed by atoms with van der Waals surface area (Å²) in [6.07, 6.45) is 1.94. The third-order valence-corrected chi connectivity index (χ3v) is 3.10. The van der Waals surface area contributed by atoms with E-state index < -0.39 is 0 Å². The van der Waals surface area contributed by atoms with Crippen LogP contribution in [0, 0.1) is 11.3 Å². The molecule has 0 bridgehead atoms. The topological polar surface area (TPSA) is 42.7 Å². The second kappa shape index (κ2) is 4.75. The van der Waals surface area contributed by atoms with Crippen LogP contribution >= 0.6 is 0 Å². The molecule has 1 N–H and O–H groups in total. The zero-order valence-electron chi connectivity index (χ0n) is 10.4. The lowest BCUT2D eigenvalue weighted by atomic mass is 9.81. The highest BCUT2D eigenvalue weighted by Gasteiger charge is 2.21. The summed E-state index contributed by atoms with van der Waals surface area (Å²) in [6, 6.07) is 0. The molecule has 0 aromatic carbocycles. The van der Waals surface area contributed by atoms with E-state index in [1.807, 2.05) is 13.2 Å². The monoisotopic (exact) mass is 210 g/mol. The molecule has 1 aromatic rings. The Labute approximate surface area is 92.1 Å². The van der Waals surface area contributed by atoms with E-state index in [4.69, 9.17) is 0 Å². The van der Waals surface area contributed by atoms with Crippen molar-refractivity contribution in [3.8, 4) is 0 Å². The summed E-state index contributed by atoms with van der Waals surface area (Å²) in [6.45, 7) is 10.9. The van der Waals surface area contributed by atoms with Crippen molar-refractivity contribution >= 4 is 0 Å². The molecule has 0 amide bonds. The molecular formula is C11H22N4. The normalized spacial score (nSPS) is 12.4. The molecule has 0 radical (unpaired) electrons. The van der Waals surface area contributed by atoms with Gasteiger partial charge in [0.05, 0.1) is 5.69 Å². The molecule has 0 atom stereocenters. The fourth-order valence-electron chi connectivity index (χ4n) is 1.19. The van der Waals surface area contributed by atoms with Crippen LogP contribution in [0.1, 0.15) is 33.4 Å². The zero-order chi connectivity index (χ0) is 11.5. The van der Waals surface area contributed by atoms with Crippen molar-refractivity contribution in [3.63, 3.8) is 0 Å². The fourth-order valence-corrected chi connectivity index (χ4v) is 1.19. The van der Waals surface area contributed by atoms with Gasteiger partial charge in [-0.1, -0.05) is 32.9 Å².